The molecule has 2 bridgehead atoms. The van der Waals surface area contributed by atoms with E-state index >= 15 is 0 Å². The van der Waals surface area contributed by atoms with Crippen LogP contribution in [0.4, 0.5) is 0 Å². The number of thiazole rings is 1. The van der Waals surface area contributed by atoms with E-state index in [4.69, 9.17) is 0 Å². The number of fused-ring (bicyclic) bond motifs is 4. The van der Waals surface area contributed by atoms with E-state index in [1.54, 1.807) is 31.6 Å². The zero-order valence-electron chi connectivity index (χ0n) is 32.9. The van der Waals surface area contributed by atoms with Crippen LogP contribution < -0.4 is 21.3 Å². The smallest absolute Gasteiger partial charge is 0.271 e. The van der Waals surface area contributed by atoms with E-state index in [-0.39, 0.29) is 55.8 Å². The minimum Gasteiger partial charge on any atom is -0.361 e. The topological polar surface area (TPSA) is 215 Å². The predicted molar refractivity (Wildman–Crippen MR) is 226 cm³/mol. The van der Waals surface area contributed by atoms with E-state index in [9.17, 15) is 33.6 Å². The maximum atomic E-state index is 14.4. The zero-order chi connectivity index (χ0) is 42.4. The van der Waals surface area contributed by atoms with Gasteiger partial charge in [0.25, 0.3) is 11.8 Å². The van der Waals surface area contributed by atoms with Crippen LogP contribution in [0.3, 0.4) is 0 Å². The van der Waals surface area contributed by atoms with Crippen molar-refractivity contribution in [3.05, 3.63) is 98.3 Å². The number of likely N-dealkylation sites (N-methyl/N-ethyl adjacent to an activating group) is 1. The molecule has 2 aromatic carbocycles. The summed E-state index contributed by atoms with van der Waals surface area (Å²) in [5.41, 5.74) is 3.10. The SMILES string of the molecule is C/C=C1\NC(=O)[C@@H](C)NC(=O)CCC(=O)[C@H](Cc2c[nH]c3cccc(Br)c23)NC(=O)[C@H](Cc2c[nH]c3ccccc23)NC(=O)c2csc(n2)[C@@H](C)CC(=O)CN(C)C1=O. The molecule has 5 amide bonds. The molecular weight excluding hydrogens is 840 g/mol. The third kappa shape index (κ3) is 10.2. The number of para-hydroxylation sites is 1. The molecule has 4 heterocycles. The molecule has 0 radical (unpaired) electrons. The molecule has 6 rings (SSSR count). The number of amides is 5. The third-order valence-corrected chi connectivity index (χ3v) is 11.9. The number of carbonyl (C=O) groups is 7. The van der Waals surface area contributed by atoms with Gasteiger partial charge in [-0.2, -0.15) is 0 Å². The van der Waals surface area contributed by atoms with Gasteiger partial charge >= 0.3 is 0 Å². The van der Waals surface area contributed by atoms with Crippen molar-refractivity contribution in [2.45, 2.75) is 76.9 Å². The number of aromatic nitrogens is 3. The summed E-state index contributed by atoms with van der Waals surface area (Å²) in [6.45, 7) is 4.53. The number of benzene rings is 2. The van der Waals surface area contributed by atoms with E-state index in [2.05, 4.69) is 52.1 Å². The number of nitrogens with zero attached hydrogens (tertiary/aromatic N) is 2. The molecule has 0 spiro atoms. The highest BCUT2D eigenvalue weighted by Gasteiger charge is 2.31. The first-order valence-electron chi connectivity index (χ1n) is 19.1. The number of carbonyl (C=O) groups excluding carboxylic acids is 7. The average molecular weight is 886 g/mol. The summed E-state index contributed by atoms with van der Waals surface area (Å²) in [6.07, 6.45) is 4.47. The highest BCUT2D eigenvalue weighted by Crippen LogP contribution is 2.29. The van der Waals surface area contributed by atoms with Gasteiger partial charge in [0.2, 0.25) is 17.7 Å². The predicted octanol–water partition coefficient (Wildman–Crippen LogP) is 4.35. The molecule has 0 aliphatic carbocycles. The number of hydrogen-bond acceptors (Lipinski definition) is 9. The second-order valence-electron chi connectivity index (χ2n) is 14.7. The summed E-state index contributed by atoms with van der Waals surface area (Å²) < 4.78 is 0.779. The van der Waals surface area contributed by atoms with Crippen molar-refractivity contribution in [3.63, 3.8) is 0 Å². The van der Waals surface area contributed by atoms with E-state index < -0.39 is 59.4 Å². The van der Waals surface area contributed by atoms with Gasteiger partial charge in [0, 0.05) is 89.1 Å². The van der Waals surface area contributed by atoms with Crippen molar-refractivity contribution < 1.29 is 33.6 Å². The zero-order valence-corrected chi connectivity index (χ0v) is 35.3. The lowest BCUT2D eigenvalue weighted by atomic mass is 9.97. The summed E-state index contributed by atoms with van der Waals surface area (Å²) in [5.74, 6) is -4.26. The Labute approximate surface area is 352 Å². The Morgan fingerprint density at radius 3 is 2.34 bits per heavy atom. The first-order chi connectivity index (χ1) is 28.2. The van der Waals surface area contributed by atoms with Gasteiger partial charge in [0.05, 0.1) is 17.6 Å². The van der Waals surface area contributed by atoms with E-state index in [0.717, 1.165) is 37.4 Å². The van der Waals surface area contributed by atoms with Crippen LogP contribution in [0.25, 0.3) is 21.8 Å². The molecule has 1 aliphatic heterocycles. The number of aromatic amines is 2. The Morgan fingerprint density at radius 2 is 1.56 bits per heavy atom. The fraction of sp³-hybridized carbons (Fsp3) is 0.333. The molecule has 6 N–H and O–H groups in total. The maximum Gasteiger partial charge on any atom is 0.271 e. The molecule has 4 atom stereocenters. The third-order valence-electron chi connectivity index (χ3n) is 10.2. The van der Waals surface area contributed by atoms with Gasteiger partial charge in [-0.3, -0.25) is 33.6 Å². The Hall–Kier alpha value is -5.94. The summed E-state index contributed by atoms with van der Waals surface area (Å²) in [4.78, 5) is 107. The molecular formula is C42H45BrN8O7S. The number of ketones is 2. The molecule has 308 valence electrons. The molecule has 3 aromatic heterocycles. The molecule has 0 fully saturated rings. The van der Waals surface area contributed by atoms with Crippen LogP contribution in [0, 0.1) is 0 Å². The Bertz CT molecular complexity index is 2470. The lowest BCUT2D eigenvalue weighted by Gasteiger charge is -2.23. The van der Waals surface area contributed by atoms with Crippen LogP contribution in [-0.4, -0.2) is 92.7 Å². The normalized spacial score (nSPS) is 21.9. The number of H-pyrrole nitrogens is 2. The molecule has 0 saturated carbocycles. The standard InChI is InChI=1S/C42H45BrN8O7S/c1-5-29-42(58)51(4)20-26(52)15-22(2)41-50-34(21-59-41)40(57)49-33(16-24-18-44-30-11-7-6-9-27(24)30)39(56)48-32(17-25-19-45-31-12-8-10-28(43)37(25)31)35(53)13-14-36(54)46-23(3)38(55)47-29/h5-12,18-19,21-23,32-33,44-45H,13-17,20H2,1-4H3,(H,46,54)(H,47,55)(H,48,56)(H,49,57)/b29-5-/t22-,23+,32-,33-/m0/s1. The van der Waals surface area contributed by atoms with Crippen molar-refractivity contribution in [1.82, 2.24) is 41.1 Å². The van der Waals surface area contributed by atoms with Crippen molar-refractivity contribution in [1.29, 1.82) is 0 Å². The molecule has 1 aliphatic rings. The highest BCUT2D eigenvalue weighted by molar-refractivity contribution is 9.10. The van der Waals surface area contributed by atoms with Gasteiger partial charge in [-0.1, -0.05) is 53.2 Å². The Balaban J connectivity index is 1.34. The van der Waals surface area contributed by atoms with Gasteiger partial charge in [-0.15, -0.1) is 11.3 Å². The summed E-state index contributed by atoms with van der Waals surface area (Å²) in [6, 6.07) is 9.78. The fourth-order valence-corrected chi connectivity index (χ4v) is 8.48. The summed E-state index contributed by atoms with van der Waals surface area (Å²) in [7, 11) is 1.44. The molecule has 0 unspecified atom stereocenters. The Morgan fingerprint density at radius 1 is 0.847 bits per heavy atom. The van der Waals surface area contributed by atoms with Crippen LogP contribution in [0.2, 0.25) is 0 Å². The van der Waals surface area contributed by atoms with Crippen molar-refractivity contribution in [2.24, 2.45) is 0 Å². The molecule has 59 heavy (non-hydrogen) atoms. The average Bonchev–Trinajstić information content (AvgIpc) is 3.97. The summed E-state index contributed by atoms with van der Waals surface area (Å²) in [5, 5.41) is 14.6. The van der Waals surface area contributed by atoms with E-state index in [1.165, 1.54) is 36.3 Å². The first-order valence-corrected chi connectivity index (χ1v) is 20.8. The minimum atomic E-state index is -1.17. The van der Waals surface area contributed by atoms with E-state index in [1.807, 2.05) is 42.5 Å². The number of rotatable bonds is 4. The van der Waals surface area contributed by atoms with Crippen molar-refractivity contribution >= 4 is 90.2 Å². The number of Topliss-reactive ketones (excluding diaryl/α,β-unsaturated/α-hetero) is 2. The van der Waals surface area contributed by atoms with Crippen molar-refractivity contribution in [2.75, 3.05) is 13.6 Å². The second-order valence-corrected chi connectivity index (χ2v) is 16.4. The Kier molecular flexibility index (Phi) is 13.6. The molecule has 0 saturated heterocycles. The van der Waals surface area contributed by atoms with Gasteiger partial charge in [-0.25, -0.2) is 4.98 Å². The minimum absolute atomic E-state index is 0.0147. The molecule has 5 aromatic rings. The first kappa shape index (κ1) is 42.7. The van der Waals surface area contributed by atoms with Crippen molar-refractivity contribution in [3.8, 4) is 0 Å². The summed E-state index contributed by atoms with van der Waals surface area (Å²) >= 11 is 4.79. The number of hydrogen-bond donors (Lipinski definition) is 6. The highest BCUT2D eigenvalue weighted by atomic mass is 79.9. The van der Waals surface area contributed by atoms with Gasteiger partial charge in [0.1, 0.15) is 23.5 Å². The van der Waals surface area contributed by atoms with E-state index in [0.29, 0.717) is 5.01 Å². The quantitative estimate of drug-likeness (QED) is 0.143. The number of nitrogens with one attached hydrogen (secondary N) is 6. The van der Waals surface area contributed by atoms with Crippen LogP contribution in [0.15, 0.2) is 76.5 Å². The van der Waals surface area contributed by atoms with Crippen LogP contribution in [0.1, 0.15) is 72.6 Å². The lowest BCUT2D eigenvalue weighted by Crippen LogP contribution is -2.53. The van der Waals surface area contributed by atoms with Crippen LogP contribution in [0.5, 0.6) is 0 Å². The maximum absolute atomic E-state index is 14.4. The van der Waals surface area contributed by atoms with Crippen LogP contribution >= 0.6 is 27.3 Å². The fourth-order valence-electron chi connectivity index (χ4n) is 7.00. The monoisotopic (exact) mass is 884 g/mol. The second kappa shape index (κ2) is 18.8. The van der Waals surface area contributed by atoms with Gasteiger partial charge in [0.15, 0.2) is 11.6 Å². The number of allylic oxidation sites excluding steroid dienone is 1. The lowest BCUT2D eigenvalue weighted by molar-refractivity contribution is -0.133. The molecule has 15 nitrogen and oxygen atoms in total. The van der Waals surface area contributed by atoms with Gasteiger partial charge in [-0.05, 0) is 43.2 Å². The molecule has 17 heteroatoms. The van der Waals surface area contributed by atoms with Crippen LogP contribution in [-0.2, 0) is 41.6 Å². The largest absolute Gasteiger partial charge is 0.361 e. The number of halogens is 1. The van der Waals surface area contributed by atoms with Gasteiger partial charge < -0.3 is 36.1 Å².